The molecule has 0 amide bonds. The Morgan fingerprint density at radius 3 is 2.22 bits per heavy atom. The van der Waals surface area contributed by atoms with Crippen molar-refractivity contribution in [3.63, 3.8) is 0 Å². The minimum absolute atomic E-state index is 0.0920. The highest BCUT2D eigenvalue weighted by atomic mass is 79.9. The Balaban J connectivity index is 2.31. The van der Waals surface area contributed by atoms with Crippen molar-refractivity contribution in [2.75, 3.05) is 0 Å². The molecular formula is C13H8BrCl2NO. The minimum atomic E-state index is -0.435. The molecular weight excluding hydrogens is 337 g/mol. The molecule has 92 valence electrons. The average Bonchev–Trinajstić information content (AvgIpc) is 2.37. The van der Waals surface area contributed by atoms with Crippen LogP contribution in [0.5, 0.6) is 0 Å². The normalized spacial score (nSPS) is 12.2. The fraction of sp³-hybridized carbons (Fsp3) is 0.0769. The van der Waals surface area contributed by atoms with E-state index in [-0.39, 0.29) is 5.78 Å². The zero-order chi connectivity index (χ0) is 13.1. The van der Waals surface area contributed by atoms with Crippen molar-refractivity contribution < 1.29 is 4.79 Å². The number of alkyl halides is 1. The summed E-state index contributed by atoms with van der Waals surface area (Å²) < 4.78 is 0. The van der Waals surface area contributed by atoms with Gasteiger partial charge in [0.05, 0.1) is 0 Å². The van der Waals surface area contributed by atoms with Crippen LogP contribution < -0.4 is 0 Å². The van der Waals surface area contributed by atoms with Gasteiger partial charge in [-0.2, -0.15) is 0 Å². The molecule has 2 nitrogen and oxygen atoms in total. The SMILES string of the molecule is O=C(c1cc(Cl)cc(Cl)c1)C(Br)c1ccncc1. The first-order chi connectivity index (χ1) is 8.58. The second kappa shape index (κ2) is 5.83. The van der Waals surface area contributed by atoms with Crippen LogP contribution in [-0.2, 0) is 0 Å². The molecule has 2 rings (SSSR count). The van der Waals surface area contributed by atoms with Gasteiger partial charge in [0.25, 0.3) is 0 Å². The Labute approximate surface area is 123 Å². The van der Waals surface area contributed by atoms with Gasteiger partial charge in [0.15, 0.2) is 5.78 Å². The summed E-state index contributed by atoms with van der Waals surface area (Å²) >= 11 is 15.1. The van der Waals surface area contributed by atoms with E-state index in [2.05, 4.69) is 20.9 Å². The zero-order valence-electron chi connectivity index (χ0n) is 9.11. The van der Waals surface area contributed by atoms with Gasteiger partial charge in [-0.1, -0.05) is 39.1 Å². The van der Waals surface area contributed by atoms with E-state index in [9.17, 15) is 4.79 Å². The number of carbonyl (C=O) groups excluding carboxylic acids is 1. The molecule has 1 atom stereocenters. The van der Waals surface area contributed by atoms with Crippen molar-refractivity contribution >= 4 is 44.9 Å². The Kier molecular flexibility index (Phi) is 4.38. The lowest BCUT2D eigenvalue weighted by Gasteiger charge is -2.09. The number of nitrogens with zero attached hydrogens (tertiary/aromatic N) is 1. The lowest BCUT2D eigenvalue weighted by atomic mass is 10.0. The third kappa shape index (κ3) is 3.10. The highest BCUT2D eigenvalue weighted by molar-refractivity contribution is 9.09. The Bertz CT molecular complexity index is 554. The Hall–Kier alpha value is -0.900. The van der Waals surface area contributed by atoms with E-state index in [1.54, 1.807) is 42.7 Å². The van der Waals surface area contributed by atoms with Crippen molar-refractivity contribution in [3.05, 3.63) is 63.9 Å². The van der Waals surface area contributed by atoms with Gasteiger partial charge in [0.1, 0.15) is 4.83 Å². The first kappa shape index (κ1) is 13.5. The van der Waals surface area contributed by atoms with Crippen LogP contribution in [-0.4, -0.2) is 10.8 Å². The fourth-order valence-electron chi connectivity index (χ4n) is 1.53. The van der Waals surface area contributed by atoms with E-state index in [0.29, 0.717) is 15.6 Å². The largest absolute Gasteiger partial charge is 0.293 e. The maximum absolute atomic E-state index is 12.3. The van der Waals surface area contributed by atoms with Crippen molar-refractivity contribution in [3.8, 4) is 0 Å². The van der Waals surface area contributed by atoms with E-state index in [4.69, 9.17) is 23.2 Å². The van der Waals surface area contributed by atoms with Gasteiger partial charge >= 0.3 is 0 Å². The van der Waals surface area contributed by atoms with Crippen molar-refractivity contribution in [2.24, 2.45) is 0 Å². The van der Waals surface area contributed by atoms with Gasteiger partial charge in [0.2, 0.25) is 0 Å². The van der Waals surface area contributed by atoms with E-state index < -0.39 is 4.83 Å². The first-order valence-corrected chi connectivity index (χ1v) is 6.79. The highest BCUT2D eigenvalue weighted by Gasteiger charge is 2.19. The summed E-state index contributed by atoms with van der Waals surface area (Å²) in [5.41, 5.74) is 1.32. The number of rotatable bonds is 3. The van der Waals surface area contributed by atoms with Crippen LogP contribution in [0, 0.1) is 0 Å². The minimum Gasteiger partial charge on any atom is -0.293 e. The lowest BCUT2D eigenvalue weighted by Crippen LogP contribution is -2.07. The third-order valence-corrected chi connectivity index (χ3v) is 3.76. The summed E-state index contributed by atoms with van der Waals surface area (Å²) in [6.07, 6.45) is 3.28. The van der Waals surface area contributed by atoms with Crippen LogP contribution in [0.3, 0.4) is 0 Å². The average molecular weight is 345 g/mol. The number of benzene rings is 1. The molecule has 1 aromatic heterocycles. The first-order valence-electron chi connectivity index (χ1n) is 5.12. The smallest absolute Gasteiger partial charge is 0.180 e. The van der Waals surface area contributed by atoms with Crippen LogP contribution in [0.1, 0.15) is 20.7 Å². The molecule has 0 saturated heterocycles. The van der Waals surface area contributed by atoms with Crippen molar-refractivity contribution in [1.29, 1.82) is 0 Å². The summed E-state index contributed by atoms with van der Waals surface area (Å²) in [6.45, 7) is 0. The van der Waals surface area contributed by atoms with E-state index in [0.717, 1.165) is 5.56 Å². The highest BCUT2D eigenvalue weighted by Crippen LogP contribution is 2.29. The summed E-state index contributed by atoms with van der Waals surface area (Å²) in [5, 5.41) is 0.889. The molecule has 0 aliphatic rings. The number of hydrogen-bond acceptors (Lipinski definition) is 2. The summed E-state index contributed by atoms with van der Waals surface area (Å²) in [4.78, 5) is 15.7. The predicted molar refractivity (Wildman–Crippen MR) is 76.7 cm³/mol. The predicted octanol–water partition coefficient (Wildman–Crippen LogP) is 4.71. The van der Waals surface area contributed by atoms with Gasteiger partial charge in [-0.05, 0) is 35.9 Å². The van der Waals surface area contributed by atoms with Crippen molar-refractivity contribution in [1.82, 2.24) is 4.98 Å². The molecule has 0 spiro atoms. The Morgan fingerprint density at radius 2 is 1.67 bits per heavy atom. The molecule has 1 unspecified atom stereocenters. The molecule has 0 aliphatic carbocycles. The van der Waals surface area contributed by atoms with Crippen LogP contribution in [0.15, 0.2) is 42.7 Å². The second-order valence-electron chi connectivity index (χ2n) is 3.67. The molecule has 1 aromatic carbocycles. The van der Waals surface area contributed by atoms with Gasteiger partial charge < -0.3 is 0 Å². The molecule has 0 saturated carbocycles. The van der Waals surface area contributed by atoms with Gasteiger partial charge in [-0.25, -0.2) is 0 Å². The van der Waals surface area contributed by atoms with Gasteiger partial charge in [-0.3, -0.25) is 9.78 Å². The third-order valence-electron chi connectivity index (χ3n) is 2.38. The number of aromatic nitrogens is 1. The standard InChI is InChI=1S/C13H8BrCl2NO/c14-12(8-1-3-17-4-2-8)13(18)9-5-10(15)7-11(16)6-9/h1-7,12H. The topological polar surface area (TPSA) is 30.0 Å². The van der Waals surface area contributed by atoms with E-state index in [1.165, 1.54) is 0 Å². The Morgan fingerprint density at radius 1 is 1.11 bits per heavy atom. The van der Waals surface area contributed by atoms with Crippen LogP contribution in [0.4, 0.5) is 0 Å². The molecule has 0 bridgehead atoms. The zero-order valence-corrected chi connectivity index (χ0v) is 12.2. The number of pyridine rings is 1. The number of Topliss-reactive ketones (excluding diaryl/α,β-unsaturated/α-hetero) is 1. The van der Waals surface area contributed by atoms with Crippen LogP contribution >= 0.6 is 39.1 Å². The molecule has 1 heterocycles. The summed E-state index contributed by atoms with van der Waals surface area (Å²) in [6, 6.07) is 8.36. The van der Waals surface area contributed by atoms with Crippen LogP contribution in [0.2, 0.25) is 10.0 Å². The second-order valence-corrected chi connectivity index (χ2v) is 5.45. The maximum Gasteiger partial charge on any atom is 0.180 e. The maximum atomic E-state index is 12.3. The van der Waals surface area contributed by atoms with E-state index >= 15 is 0 Å². The quantitative estimate of drug-likeness (QED) is 0.596. The number of hydrogen-bond donors (Lipinski definition) is 0. The molecule has 0 N–H and O–H groups in total. The summed E-state index contributed by atoms with van der Waals surface area (Å²) in [7, 11) is 0. The summed E-state index contributed by atoms with van der Waals surface area (Å²) in [5.74, 6) is -0.0920. The molecule has 0 radical (unpaired) electrons. The molecule has 2 aromatic rings. The number of carbonyl (C=O) groups is 1. The van der Waals surface area contributed by atoms with E-state index in [1.807, 2.05) is 0 Å². The molecule has 18 heavy (non-hydrogen) atoms. The molecule has 0 aliphatic heterocycles. The van der Waals surface area contributed by atoms with Gasteiger partial charge in [-0.15, -0.1) is 0 Å². The molecule has 0 fully saturated rings. The fourth-order valence-corrected chi connectivity index (χ4v) is 2.62. The van der Waals surface area contributed by atoms with Gasteiger partial charge in [0, 0.05) is 28.0 Å². The lowest BCUT2D eigenvalue weighted by molar-refractivity contribution is 0.0991. The van der Waals surface area contributed by atoms with Crippen molar-refractivity contribution in [2.45, 2.75) is 4.83 Å². The molecule has 5 heteroatoms. The monoisotopic (exact) mass is 343 g/mol. The number of halogens is 3. The van der Waals surface area contributed by atoms with Crippen LogP contribution in [0.25, 0.3) is 0 Å². The number of ketones is 1.